The van der Waals surface area contributed by atoms with Crippen LogP contribution in [0, 0.1) is 10.1 Å². The number of para-hydroxylation sites is 1. The van der Waals surface area contributed by atoms with Gasteiger partial charge >= 0.3 is 15.6 Å². The summed E-state index contributed by atoms with van der Waals surface area (Å²) in [5, 5.41) is 11.3. The van der Waals surface area contributed by atoms with E-state index in [1.807, 2.05) is 19.6 Å². The monoisotopic (exact) mass is 419 g/mol. The van der Waals surface area contributed by atoms with Gasteiger partial charge in [-0.25, -0.2) is 0 Å². The van der Waals surface area contributed by atoms with Gasteiger partial charge < -0.3 is 4.18 Å². The SMILES string of the molecule is C[Si](C)(C)c1cccc(-c2cccc([N+](=O)[O-])c2)c1OS(=O)(=O)C(F)(F)F. The quantitative estimate of drug-likeness (QED) is 0.240. The number of halogens is 3. The van der Waals surface area contributed by atoms with Crippen LogP contribution in [0.2, 0.25) is 19.6 Å². The van der Waals surface area contributed by atoms with Gasteiger partial charge in [0.1, 0.15) is 5.75 Å². The van der Waals surface area contributed by atoms with Crippen molar-refractivity contribution in [3.05, 3.63) is 52.6 Å². The Bertz CT molecular complexity index is 984. The van der Waals surface area contributed by atoms with Gasteiger partial charge in [0.05, 0.1) is 13.0 Å². The predicted octanol–water partition coefficient (Wildman–Crippen LogP) is 4.04. The van der Waals surface area contributed by atoms with Crippen molar-refractivity contribution in [1.29, 1.82) is 0 Å². The van der Waals surface area contributed by atoms with Crippen molar-refractivity contribution in [2.24, 2.45) is 0 Å². The molecule has 6 nitrogen and oxygen atoms in total. The summed E-state index contributed by atoms with van der Waals surface area (Å²) < 4.78 is 66.3. The first-order valence-corrected chi connectivity index (χ1v) is 12.5. The van der Waals surface area contributed by atoms with Crippen molar-refractivity contribution in [3.8, 4) is 16.9 Å². The lowest BCUT2D eigenvalue weighted by Gasteiger charge is -2.23. The number of rotatable bonds is 5. The number of benzene rings is 2. The number of hydrogen-bond donors (Lipinski definition) is 0. The van der Waals surface area contributed by atoms with Crippen molar-refractivity contribution in [3.63, 3.8) is 0 Å². The topological polar surface area (TPSA) is 86.5 Å². The maximum Gasteiger partial charge on any atom is 0.534 e. The van der Waals surface area contributed by atoms with E-state index in [1.54, 1.807) is 6.07 Å². The maximum atomic E-state index is 12.9. The average Bonchev–Trinajstić information content (AvgIpc) is 2.52. The summed E-state index contributed by atoms with van der Waals surface area (Å²) in [6.07, 6.45) is 0. The maximum absolute atomic E-state index is 12.9. The number of non-ortho nitro benzene ring substituents is 1. The molecule has 0 saturated heterocycles. The highest BCUT2D eigenvalue weighted by Crippen LogP contribution is 2.35. The van der Waals surface area contributed by atoms with Crippen LogP contribution >= 0.6 is 0 Å². The Kier molecular flexibility index (Phi) is 5.39. The number of hydrogen-bond acceptors (Lipinski definition) is 5. The third-order valence-corrected chi connectivity index (χ3v) is 6.63. The first-order chi connectivity index (χ1) is 12.2. The van der Waals surface area contributed by atoms with E-state index in [4.69, 9.17) is 0 Å². The summed E-state index contributed by atoms with van der Waals surface area (Å²) in [6, 6.07) is 9.59. The molecule has 0 aliphatic rings. The van der Waals surface area contributed by atoms with Gasteiger partial charge in [-0.2, -0.15) is 21.6 Å². The lowest BCUT2D eigenvalue weighted by Crippen LogP contribution is -2.40. The lowest BCUT2D eigenvalue weighted by atomic mass is 10.0. The molecule has 2 aromatic carbocycles. The van der Waals surface area contributed by atoms with Gasteiger partial charge in [-0.15, -0.1) is 0 Å². The van der Waals surface area contributed by atoms with Gasteiger partial charge in [-0.1, -0.05) is 50.0 Å². The Labute approximate surface area is 154 Å². The molecule has 0 atom stereocenters. The molecule has 2 aromatic rings. The standard InChI is InChI=1S/C16H16F3NO5SSi/c1-27(2,3)14-9-5-8-13(11-6-4-7-12(10-11)20(21)22)15(14)25-26(23,24)16(17,18)19/h4-10H,1-3H3. The van der Waals surface area contributed by atoms with E-state index in [9.17, 15) is 31.7 Å². The molecular formula is C16H16F3NO5SSi. The van der Waals surface area contributed by atoms with Gasteiger partial charge in [-0.05, 0) is 10.8 Å². The van der Waals surface area contributed by atoms with Crippen LogP contribution < -0.4 is 9.37 Å². The Balaban J connectivity index is 2.76. The number of nitro groups is 1. The highest BCUT2D eigenvalue weighted by molar-refractivity contribution is 7.88. The molecule has 0 radical (unpaired) electrons. The smallest absolute Gasteiger partial charge is 0.375 e. The van der Waals surface area contributed by atoms with E-state index in [-0.39, 0.29) is 16.8 Å². The lowest BCUT2D eigenvalue weighted by molar-refractivity contribution is -0.384. The van der Waals surface area contributed by atoms with Crippen LogP contribution in [-0.4, -0.2) is 26.9 Å². The van der Waals surface area contributed by atoms with Crippen LogP contribution in [0.4, 0.5) is 18.9 Å². The summed E-state index contributed by atoms with van der Waals surface area (Å²) in [5.74, 6) is -0.450. The number of nitro benzene ring substituents is 1. The van der Waals surface area contributed by atoms with E-state index >= 15 is 0 Å². The van der Waals surface area contributed by atoms with E-state index in [0.717, 1.165) is 6.07 Å². The van der Waals surface area contributed by atoms with Crippen LogP contribution in [0.25, 0.3) is 11.1 Å². The molecule has 0 aliphatic carbocycles. The van der Waals surface area contributed by atoms with Crippen molar-refractivity contribution < 1.29 is 30.7 Å². The van der Waals surface area contributed by atoms with Gasteiger partial charge in [0, 0.05) is 17.7 Å². The Morgan fingerprint density at radius 3 is 2.19 bits per heavy atom. The Morgan fingerprint density at radius 2 is 1.67 bits per heavy atom. The molecule has 0 saturated carbocycles. The predicted molar refractivity (Wildman–Crippen MR) is 97.1 cm³/mol. The third-order valence-electron chi connectivity index (χ3n) is 3.67. The molecule has 27 heavy (non-hydrogen) atoms. The summed E-state index contributed by atoms with van der Waals surface area (Å²) in [7, 11) is -8.23. The second-order valence-electron chi connectivity index (χ2n) is 6.72. The molecule has 0 N–H and O–H groups in total. The highest BCUT2D eigenvalue weighted by Gasteiger charge is 2.49. The molecule has 146 valence electrons. The molecule has 0 unspecified atom stereocenters. The minimum Gasteiger partial charge on any atom is -0.375 e. The molecule has 0 heterocycles. The third kappa shape index (κ3) is 4.47. The van der Waals surface area contributed by atoms with Crippen molar-refractivity contribution in [1.82, 2.24) is 0 Å². The molecule has 0 spiro atoms. The number of alkyl halides is 3. The molecule has 11 heteroatoms. The Morgan fingerprint density at radius 1 is 1.07 bits per heavy atom. The van der Waals surface area contributed by atoms with Gasteiger partial charge in [0.25, 0.3) is 5.69 Å². The van der Waals surface area contributed by atoms with Crippen molar-refractivity contribution >= 4 is 29.1 Å². The average molecular weight is 419 g/mol. The summed E-state index contributed by atoms with van der Waals surface area (Å²) in [6.45, 7) is 5.44. The first-order valence-electron chi connectivity index (χ1n) is 7.63. The van der Waals surface area contributed by atoms with E-state index in [0.29, 0.717) is 5.19 Å². The van der Waals surface area contributed by atoms with Crippen LogP contribution in [0.3, 0.4) is 0 Å². The minimum absolute atomic E-state index is 0.0337. The van der Waals surface area contributed by atoms with Crippen LogP contribution in [-0.2, 0) is 10.1 Å². The molecule has 0 fully saturated rings. The molecular weight excluding hydrogens is 403 g/mol. The molecule has 0 bridgehead atoms. The van der Waals surface area contributed by atoms with Crippen LogP contribution in [0.5, 0.6) is 5.75 Å². The summed E-state index contributed by atoms with van der Waals surface area (Å²) in [5.41, 5.74) is -5.67. The fourth-order valence-corrected chi connectivity index (χ4v) is 4.42. The van der Waals surface area contributed by atoms with E-state index in [2.05, 4.69) is 4.18 Å². The van der Waals surface area contributed by atoms with Crippen LogP contribution in [0.1, 0.15) is 0 Å². The second-order valence-corrected chi connectivity index (χ2v) is 13.3. The highest BCUT2D eigenvalue weighted by atomic mass is 32.2. The first kappa shape index (κ1) is 20.9. The van der Waals surface area contributed by atoms with Gasteiger partial charge in [-0.3, -0.25) is 10.1 Å². The van der Waals surface area contributed by atoms with E-state index < -0.39 is 34.4 Å². The van der Waals surface area contributed by atoms with Gasteiger partial charge in [0.15, 0.2) is 0 Å². The zero-order valence-electron chi connectivity index (χ0n) is 14.6. The zero-order chi connectivity index (χ0) is 20.6. The van der Waals surface area contributed by atoms with Crippen LogP contribution in [0.15, 0.2) is 42.5 Å². The fourth-order valence-electron chi connectivity index (χ4n) is 2.39. The van der Waals surface area contributed by atoms with Crippen molar-refractivity contribution in [2.45, 2.75) is 25.1 Å². The van der Waals surface area contributed by atoms with Gasteiger partial charge in [0.2, 0.25) is 0 Å². The summed E-state index contributed by atoms with van der Waals surface area (Å²) in [4.78, 5) is 10.3. The number of nitrogens with zero attached hydrogens (tertiary/aromatic N) is 1. The second kappa shape index (κ2) is 6.96. The molecule has 0 amide bonds. The zero-order valence-corrected chi connectivity index (χ0v) is 16.4. The minimum atomic E-state index is -5.90. The summed E-state index contributed by atoms with van der Waals surface area (Å²) >= 11 is 0. The normalized spacial score (nSPS) is 12.7. The largest absolute Gasteiger partial charge is 0.534 e. The Hall–Kier alpha value is -2.40. The molecule has 0 aliphatic heterocycles. The van der Waals surface area contributed by atoms with E-state index in [1.165, 1.54) is 30.3 Å². The van der Waals surface area contributed by atoms with Crippen molar-refractivity contribution in [2.75, 3.05) is 0 Å². The fraction of sp³-hybridized carbons (Fsp3) is 0.250. The molecule has 2 rings (SSSR count). The molecule has 0 aromatic heterocycles.